The molecule has 1 heterocycles. The topological polar surface area (TPSA) is 42.4 Å². The van der Waals surface area contributed by atoms with Crippen molar-refractivity contribution in [2.45, 2.75) is 33.0 Å². The summed E-state index contributed by atoms with van der Waals surface area (Å²) in [5.41, 5.74) is 1.85. The Labute approximate surface area is 118 Å². The van der Waals surface area contributed by atoms with E-state index in [0.29, 0.717) is 16.9 Å². The highest BCUT2D eigenvalue weighted by atomic mass is 19.1. The number of halogens is 1. The normalized spacial score (nSPS) is 12.5. The number of pyridine rings is 1. The molecule has 2 aromatic rings. The van der Waals surface area contributed by atoms with Gasteiger partial charge in [-0.2, -0.15) is 0 Å². The van der Waals surface area contributed by atoms with Gasteiger partial charge in [-0.1, -0.05) is 6.07 Å². The number of hydrogen-bond acceptors (Lipinski definition) is 3. The smallest absolute Gasteiger partial charge is 0.138 e. The second kappa shape index (κ2) is 6.01. The van der Waals surface area contributed by atoms with E-state index in [4.69, 9.17) is 4.74 Å². The van der Waals surface area contributed by atoms with Crippen LogP contribution in [0.25, 0.3) is 0 Å². The highest BCUT2D eigenvalue weighted by Crippen LogP contribution is 2.25. The molecule has 0 radical (unpaired) electrons. The van der Waals surface area contributed by atoms with Crippen molar-refractivity contribution in [1.29, 1.82) is 0 Å². The number of rotatable bonds is 4. The number of benzene rings is 1. The van der Waals surface area contributed by atoms with Gasteiger partial charge in [0.05, 0.1) is 12.3 Å². The molecule has 0 aliphatic carbocycles. The molecule has 0 saturated heterocycles. The van der Waals surface area contributed by atoms with Crippen molar-refractivity contribution in [2.24, 2.45) is 0 Å². The van der Waals surface area contributed by atoms with Gasteiger partial charge >= 0.3 is 0 Å². The van der Waals surface area contributed by atoms with Crippen molar-refractivity contribution < 1.29 is 14.2 Å². The molecule has 4 heteroatoms. The second-order valence-electron chi connectivity index (χ2n) is 5.09. The van der Waals surface area contributed by atoms with E-state index in [1.807, 2.05) is 13.8 Å². The number of nitrogens with zero attached hydrogens (tertiary/aromatic N) is 1. The summed E-state index contributed by atoms with van der Waals surface area (Å²) >= 11 is 0. The first kappa shape index (κ1) is 14.5. The monoisotopic (exact) mass is 275 g/mol. The lowest BCUT2D eigenvalue weighted by molar-refractivity contribution is 0.215. The van der Waals surface area contributed by atoms with Crippen LogP contribution in [0.3, 0.4) is 0 Å². The fourth-order valence-electron chi connectivity index (χ4n) is 2.04. The molecule has 1 N–H and O–H groups in total. The third kappa shape index (κ3) is 3.54. The van der Waals surface area contributed by atoms with Crippen molar-refractivity contribution in [1.82, 2.24) is 4.98 Å². The van der Waals surface area contributed by atoms with Gasteiger partial charge in [-0.3, -0.25) is 4.98 Å². The summed E-state index contributed by atoms with van der Waals surface area (Å²) in [6, 6.07) is 6.22. The predicted octanol–water partition coefficient (Wildman–Crippen LogP) is 3.40. The number of aryl methyl sites for hydroxylation is 1. The van der Waals surface area contributed by atoms with Crippen LogP contribution >= 0.6 is 0 Å². The van der Waals surface area contributed by atoms with Crippen LogP contribution in [0.4, 0.5) is 4.39 Å². The first-order valence-electron chi connectivity index (χ1n) is 6.52. The van der Waals surface area contributed by atoms with Crippen molar-refractivity contribution in [3.63, 3.8) is 0 Å². The van der Waals surface area contributed by atoms with Gasteiger partial charge in [-0.05, 0) is 50.1 Å². The third-order valence-electron chi connectivity index (χ3n) is 2.80. The van der Waals surface area contributed by atoms with E-state index in [1.165, 1.54) is 12.1 Å². The van der Waals surface area contributed by atoms with E-state index in [0.717, 1.165) is 5.56 Å². The predicted molar refractivity (Wildman–Crippen MR) is 75.2 cm³/mol. The summed E-state index contributed by atoms with van der Waals surface area (Å²) in [6.07, 6.45) is 2.25. The molecule has 1 aromatic carbocycles. The van der Waals surface area contributed by atoms with E-state index in [1.54, 1.807) is 31.5 Å². The summed E-state index contributed by atoms with van der Waals surface area (Å²) in [4.78, 5) is 4.05. The van der Waals surface area contributed by atoms with Crippen molar-refractivity contribution >= 4 is 0 Å². The lowest BCUT2D eigenvalue weighted by atomic mass is 10.0. The lowest BCUT2D eigenvalue weighted by Gasteiger charge is -2.14. The van der Waals surface area contributed by atoms with Crippen molar-refractivity contribution in [3.8, 4) is 5.75 Å². The van der Waals surface area contributed by atoms with E-state index in [2.05, 4.69) is 4.98 Å². The molecular weight excluding hydrogens is 257 g/mol. The molecule has 1 unspecified atom stereocenters. The van der Waals surface area contributed by atoms with Crippen LogP contribution in [-0.4, -0.2) is 16.2 Å². The van der Waals surface area contributed by atoms with Crippen molar-refractivity contribution in [2.75, 3.05) is 0 Å². The Morgan fingerprint density at radius 1 is 1.10 bits per heavy atom. The zero-order valence-corrected chi connectivity index (χ0v) is 11.8. The quantitative estimate of drug-likeness (QED) is 0.930. The van der Waals surface area contributed by atoms with Gasteiger partial charge in [0, 0.05) is 11.8 Å². The molecule has 0 fully saturated rings. The molecule has 0 saturated carbocycles. The van der Waals surface area contributed by atoms with Gasteiger partial charge in [-0.25, -0.2) is 4.39 Å². The average Bonchev–Trinajstić information content (AvgIpc) is 2.36. The number of aromatic nitrogens is 1. The Kier molecular flexibility index (Phi) is 4.35. The molecule has 20 heavy (non-hydrogen) atoms. The zero-order valence-electron chi connectivity index (χ0n) is 11.8. The summed E-state index contributed by atoms with van der Waals surface area (Å²) in [6.45, 7) is 5.62. The molecular formula is C16H18FNO2. The molecule has 3 nitrogen and oxygen atoms in total. The van der Waals surface area contributed by atoms with Crippen LogP contribution < -0.4 is 4.74 Å². The molecule has 0 spiro atoms. The Morgan fingerprint density at radius 3 is 2.50 bits per heavy atom. The van der Waals surface area contributed by atoms with Crippen LogP contribution in [0, 0.1) is 12.7 Å². The number of aliphatic hydroxyl groups is 1. The Bertz CT molecular complexity index is 579. The highest BCUT2D eigenvalue weighted by Gasteiger charge is 2.13. The van der Waals surface area contributed by atoms with Gasteiger partial charge < -0.3 is 9.84 Å². The van der Waals surface area contributed by atoms with Crippen LogP contribution in [0.15, 0.2) is 36.7 Å². The molecule has 0 bridgehead atoms. The molecule has 0 amide bonds. The maximum absolute atomic E-state index is 13.4. The van der Waals surface area contributed by atoms with Crippen LogP contribution in [0.2, 0.25) is 0 Å². The van der Waals surface area contributed by atoms with E-state index >= 15 is 0 Å². The average molecular weight is 275 g/mol. The van der Waals surface area contributed by atoms with Gasteiger partial charge in [0.2, 0.25) is 0 Å². The molecule has 1 aromatic heterocycles. The molecule has 106 valence electrons. The summed E-state index contributed by atoms with van der Waals surface area (Å²) in [5.74, 6) is 0.228. The number of aliphatic hydroxyl groups excluding tert-OH is 1. The maximum Gasteiger partial charge on any atom is 0.138 e. The summed E-state index contributed by atoms with van der Waals surface area (Å²) in [7, 11) is 0. The van der Waals surface area contributed by atoms with E-state index in [9.17, 15) is 9.50 Å². The van der Waals surface area contributed by atoms with Crippen LogP contribution in [-0.2, 0) is 0 Å². The van der Waals surface area contributed by atoms with Crippen LogP contribution in [0.5, 0.6) is 5.75 Å². The minimum absolute atomic E-state index is 0.0283. The Morgan fingerprint density at radius 2 is 1.85 bits per heavy atom. The first-order valence-corrected chi connectivity index (χ1v) is 6.52. The van der Waals surface area contributed by atoms with Gasteiger partial charge in [0.15, 0.2) is 0 Å². The number of hydrogen-bond donors (Lipinski definition) is 1. The Hall–Kier alpha value is -1.94. The molecule has 1 atom stereocenters. The molecule has 2 rings (SSSR count). The third-order valence-corrected chi connectivity index (χ3v) is 2.80. The minimum atomic E-state index is -0.924. The highest BCUT2D eigenvalue weighted by molar-refractivity contribution is 5.34. The minimum Gasteiger partial charge on any atom is -0.489 e. The summed E-state index contributed by atoms with van der Waals surface area (Å²) < 4.78 is 18.9. The summed E-state index contributed by atoms with van der Waals surface area (Å²) in [5, 5.41) is 10.3. The van der Waals surface area contributed by atoms with E-state index < -0.39 is 6.10 Å². The number of ether oxygens (including phenoxy) is 1. The zero-order chi connectivity index (χ0) is 14.7. The van der Waals surface area contributed by atoms with Gasteiger partial charge in [0.25, 0.3) is 0 Å². The molecule has 0 aliphatic rings. The SMILES string of the molecule is Cc1cc(F)cc(C(O)c2cncc(OC(C)C)c2)c1. The van der Waals surface area contributed by atoms with Gasteiger partial charge in [0.1, 0.15) is 17.7 Å². The standard InChI is InChI=1S/C16H18FNO2/c1-10(2)20-15-7-13(8-18-9-15)16(19)12-4-11(3)5-14(17)6-12/h4-10,16,19H,1-3H3. The Balaban J connectivity index is 2.30. The van der Waals surface area contributed by atoms with Crippen LogP contribution in [0.1, 0.15) is 36.6 Å². The largest absolute Gasteiger partial charge is 0.489 e. The fourth-order valence-corrected chi connectivity index (χ4v) is 2.04. The first-order chi connectivity index (χ1) is 9.45. The van der Waals surface area contributed by atoms with E-state index in [-0.39, 0.29) is 11.9 Å². The lowest BCUT2D eigenvalue weighted by Crippen LogP contribution is -2.07. The van der Waals surface area contributed by atoms with Gasteiger partial charge in [-0.15, -0.1) is 0 Å². The fraction of sp³-hybridized carbons (Fsp3) is 0.312. The second-order valence-corrected chi connectivity index (χ2v) is 5.09. The molecule has 0 aliphatic heterocycles. The maximum atomic E-state index is 13.4. The van der Waals surface area contributed by atoms with Crippen molar-refractivity contribution in [3.05, 3.63) is 59.2 Å².